The van der Waals surface area contributed by atoms with Gasteiger partial charge < -0.3 is 10.1 Å². The molecule has 0 atom stereocenters. The molecular weight excluding hydrogens is 154 g/mol. The Morgan fingerprint density at radius 3 is 2.83 bits per heavy atom. The molecule has 1 aromatic heterocycles. The minimum atomic E-state index is 0.455. The van der Waals surface area contributed by atoms with Gasteiger partial charge in [-0.3, -0.25) is 0 Å². The van der Waals surface area contributed by atoms with Gasteiger partial charge >= 0.3 is 0 Å². The molecule has 4 heteroatoms. The van der Waals surface area contributed by atoms with Gasteiger partial charge in [0.2, 0.25) is 0 Å². The average molecular weight is 167 g/mol. The van der Waals surface area contributed by atoms with Gasteiger partial charge in [0.1, 0.15) is 12.4 Å². The van der Waals surface area contributed by atoms with Crippen LogP contribution in [0.2, 0.25) is 0 Å². The Morgan fingerprint density at radius 2 is 2.25 bits per heavy atom. The van der Waals surface area contributed by atoms with E-state index in [-0.39, 0.29) is 0 Å². The van der Waals surface area contributed by atoms with E-state index in [0.717, 1.165) is 11.5 Å². The molecule has 0 unspecified atom stereocenters. The van der Waals surface area contributed by atoms with E-state index in [1.807, 2.05) is 20.0 Å². The Kier molecular flexibility index (Phi) is 2.99. The molecule has 0 saturated carbocycles. The maximum absolute atomic E-state index is 4.93. The summed E-state index contributed by atoms with van der Waals surface area (Å²) in [6.45, 7) is 2.39. The van der Waals surface area contributed by atoms with Gasteiger partial charge in [-0.1, -0.05) is 0 Å². The fourth-order valence-corrected chi connectivity index (χ4v) is 0.952. The summed E-state index contributed by atoms with van der Waals surface area (Å²) in [5.41, 5.74) is 0.946. The lowest BCUT2D eigenvalue weighted by Gasteiger charge is -2.03. The minimum absolute atomic E-state index is 0.455. The predicted molar refractivity (Wildman–Crippen MR) is 47.0 cm³/mol. The van der Waals surface area contributed by atoms with Crippen LogP contribution in [0.4, 0.5) is 5.82 Å². The van der Waals surface area contributed by atoms with Crippen LogP contribution in [0.25, 0.3) is 0 Å². The molecule has 1 rings (SSSR count). The smallest absolute Gasteiger partial charge is 0.156 e. The molecule has 1 aromatic rings. The van der Waals surface area contributed by atoms with Crippen molar-refractivity contribution >= 4 is 5.82 Å². The molecule has 0 aliphatic heterocycles. The van der Waals surface area contributed by atoms with Crippen LogP contribution in [0, 0.1) is 6.92 Å². The maximum atomic E-state index is 4.93. The monoisotopic (exact) mass is 167 g/mol. The Labute approximate surface area is 72.0 Å². The zero-order valence-corrected chi connectivity index (χ0v) is 7.59. The van der Waals surface area contributed by atoms with Crippen LogP contribution in [0.3, 0.4) is 0 Å². The van der Waals surface area contributed by atoms with Gasteiger partial charge in [0.15, 0.2) is 5.82 Å². The van der Waals surface area contributed by atoms with E-state index >= 15 is 0 Å². The van der Waals surface area contributed by atoms with Gasteiger partial charge in [-0.25, -0.2) is 9.97 Å². The van der Waals surface area contributed by atoms with Gasteiger partial charge in [0, 0.05) is 25.9 Å². The van der Waals surface area contributed by atoms with Crippen molar-refractivity contribution in [1.29, 1.82) is 0 Å². The van der Waals surface area contributed by atoms with Crippen molar-refractivity contribution < 1.29 is 4.74 Å². The minimum Gasteiger partial charge on any atom is -0.377 e. The van der Waals surface area contributed by atoms with Crippen LogP contribution < -0.4 is 5.32 Å². The fourth-order valence-electron chi connectivity index (χ4n) is 0.952. The van der Waals surface area contributed by atoms with E-state index in [4.69, 9.17) is 4.74 Å². The highest BCUT2D eigenvalue weighted by Crippen LogP contribution is 2.05. The van der Waals surface area contributed by atoms with E-state index in [1.54, 1.807) is 7.11 Å². The van der Waals surface area contributed by atoms with E-state index < -0.39 is 0 Å². The molecule has 0 spiro atoms. The molecule has 0 aliphatic rings. The van der Waals surface area contributed by atoms with Crippen molar-refractivity contribution in [2.45, 2.75) is 13.5 Å². The Morgan fingerprint density at radius 1 is 1.50 bits per heavy atom. The summed E-state index contributed by atoms with van der Waals surface area (Å²) < 4.78 is 4.93. The molecule has 0 saturated heterocycles. The zero-order valence-electron chi connectivity index (χ0n) is 7.59. The maximum Gasteiger partial charge on any atom is 0.156 e. The third-order valence-electron chi connectivity index (χ3n) is 1.43. The van der Waals surface area contributed by atoms with Crippen molar-refractivity contribution in [2.24, 2.45) is 0 Å². The molecule has 0 radical (unpaired) electrons. The Bertz CT molecular complexity index is 262. The van der Waals surface area contributed by atoms with Crippen LogP contribution in [-0.4, -0.2) is 24.1 Å². The van der Waals surface area contributed by atoms with Gasteiger partial charge in [0.05, 0.1) is 0 Å². The summed E-state index contributed by atoms with van der Waals surface area (Å²) in [6.07, 6.45) is 0. The molecule has 1 N–H and O–H groups in total. The topological polar surface area (TPSA) is 47.0 Å². The first-order valence-electron chi connectivity index (χ1n) is 3.77. The first-order chi connectivity index (χ1) is 5.76. The quantitative estimate of drug-likeness (QED) is 0.728. The van der Waals surface area contributed by atoms with Gasteiger partial charge in [0.25, 0.3) is 0 Å². The molecule has 0 aromatic carbocycles. The number of hydrogen-bond donors (Lipinski definition) is 1. The predicted octanol–water partition coefficient (Wildman–Crippen LogP) is 0.973. The molecule has 0 amide bonds. The Hall–Kier alpha value is -1.16. The number of aromatic nitrogens is 2. The number of nitrogens with one attached hydrogen (secondary N) is 1. The fraction of sp³-hybridized carbons (Fsp3) is 0.500. The van der Waals surface area contributed by atoms with Gasteiger partial charge in [-0.05, 0) is 6.92 Å². The van der Waals surface area contributed by atoms with Crippen molar-refractivity contribution in [3.05, 3.63) is 17.6 Å². The lowest BCUT2D eigenvalue weighted by Crippen LogP contribution is -2.02. The molecule has 0 fully saturated rings. The normalized spacial score (nSPS) is 9.92. The molecule has 0 aliphatic carbocycles. The summed E-state index contributed by atoms with van der Waals surface area (Å²) in [5.74, 6) is 1.54. The molecule has 4 nitrogen and oxygen atoms in total. The molecule has 0 bridgehead atoms. The second kappa shape index (κ2) is 4.01. The Balaban J connectivity index is 2.90. The third-order valence-corrected chi connectivity index (χ3v) is 1.43. The molecule has 66 valence electrons. The SMILES string of the molecule is CNc1cc(C)nc(COC)n1. The van der Waals surface area contributed by atoms with E-state index in [0.29, 0.717) is 12.4 Å². The van der Waals surface area contributed by atoms with Crippen LogP contribution in [0.1, 0.15) is 11.5 Å². The summed E-state index contributed by atoms with van der Waals surface area (Å²) in [4.78, 5) is 8.39. The number of aryl methyl sites for hydroxylation is 1. The summed E-state index contributed by atoms with van der Waals surface area (Å²) in [5, 5.41) is 2.96. The van der Waals surface area contributed by atoms with Crippen LogP contribution in [-0.2, 0) is 11.3 Å². The van der Waals surface area contributed by atoms with Crippen LogP contribution in [0.5, 0.6) is 0 Å². The van der Waals surface area contributed by atoms with Crippen molar-refractivity contribution in [3.8, 4) is 0 Å². The van der Waals surface area contributed by atoms with E-state index in [1.165, 1.54) is 0 Å². The average Bonchev–Trinajstić information content (AvgIpc) is 2.04. The number of anilines is 1. The largest absolute Gasteiger partial charge is 0.377 e. The van der Waals surface area contributed by atoms with Crippen molar-refractivity contribution in [2.75, 3.05) is 19.5 Å². The standard InChI is InChI=1S/C8H13N3O/c1-6-4-7(9-2)11-8(10-6)5-12-3/h4H,5H2,1-3H3,(H,9,10,11). The molecule has 12 heavy (non-hydrogen) atoms. The second-order valence-corrected chi connectivity index (χ2v) is 2.49. The van der Waals surface area contributed by atoms with Crippen molar-refractivity contribution in [1.82, 2.24) is 9.97 Å². The highest BCUT2D eigenvalue weighted by atomic mass is 16.5. The lowest BCUT2D eigenvalue weighted by molar-refractivity contribution is 0.177. The van der Waals surface area contributed by atoms with E-state index in [2.05, 4.69) is 15.3 Å². The van der Waals surface area contributed by atoms with Crippen LogP contribution in [0.15, 0.2) is 6.07 Å². The van der Waals surface area contributed by atoms with Gasteiger partial charge in [-0.2, -0.15) is 0 Å². The summed E-state index contributed by atoms with van der Waals surface area (Å²) >= 11 is 0. The number of hydrogen-bond acceptors (Lipinski definition) is 4. The molecular formula is C8H13N3O. The van der Waals surface area contributed by atoms with Crippen LogP contribution >= 0.6 is 0 Å². The third kappa shape index (κ3) is 2.17. The summed E-state index contributed by atoms with van der Waals surface area (Å²) in [7, 11) is 3.46. The highest BCUT2D eigenvalue weighted by molar-refractivity contribution is 5.34. The zero-order chi connectivity index (χ0) is 8.97. The van der Waals surface area contributed by atoms with E-state index in [9.17, 15) is 0 Å². The number of nitrogens with zero attached hydrogens (tertiary/aromatic N) is 2. The van der Waals surface area contributed by atoms with Gasteiger partial charge in [-0.15, -0.1) is 0 Å². The molecule has 1 heterocycles. The first-order valence-corrected chi connectivity index (χ1v) is 3.77. The number of methoxy groups -OCH3 is 1. The second-order valence-electron chi connectivity index (χ2n) is 2.49. The highest BCUT2D eigenvalue weighted by Gasteiger charge is 1.99. The summed E-state index contributed by atoms with van der Waals surface area (Å²) in [6, 6.07) is 1.89. The lowest BCUT2D eigenvalue weighted by atomic mass is 10.4. The van der Waals surface area contributed by atoms with Crippen molar-refractivity contribution in [3.63, 3.8) is 0 Å². The number of ether oxygens (including phenoxy) is 1. The first kappa shape index (κ1) is 8.93. The number of rotatable bonds is 3.